The van der Waals surface area contributed by atoms with Gasteiger partial charge < -0.3 is 9.32 Å². The highest BCUT2D eigenvalue weighted by Crippen LogP contribution is 2.27. The third-order valence-electron chi connectivity index (χ3n) is 5.33. The van der Waals surface area contributed by atoms with Gasteiger partial charge in [-0.2, -0.15) is 0 Å². The Kier molecular flexibility index (Phi) is 4.94. The SMILES string of the molecule is Cc1cc2oc(=O)cc(CN3CCN(c4ccccc4C)CC3)c2cc1Cl. The number of rotatable bonds is 3. The van der Waals surface area contributed by atoms with E-state index in [9.17, 15) is 4.79 Å². The highest BCUT2D eigenvalue weighted by molar-refractivity contribution is 6.32. The molecule has 2 aromatic carbocycles. The lowest BCUT2D eigenvalue weighted by Crippen LogP contribution is -2.46. The maximum atomic E-state index is 12.0. The van der Waals surface area contributed by atoms with Gasteiger partial charge in [0.05, 0.1) is 0 Å². The van der Waals surface area contributed by atoms with Crippen molar-refractivity contribution in [3.05, 3.63) is 74.6 Å². The van der Waals surface area contributed by atoms with Crippen molar-refractivity contribution < 1.29 is 4.42 Å². The predicted molar refractivity (Wildman–Crippen MR) is 111 cm³/mol. The zero-order chi connectivity index (χ0) is 19.0. The van der Waals surface area contributed by atoms with Crippen LogP contribution in [-0.2, 0) is 6.54 Å². The second kappa shape index (κ2) is 7.37. The monoisotopic (exact) mass is 382 g/mol. The maximum Gasteiger partial charge on any atom is 0.336 e. The zero-order valence-corrected chi connectivity index (χ0v) is 16.4. The van der Waals surface area contributed by atoms with E-state index < -0.39 is 0 Å². The summed E-state index contributed by atoms with van der Waals surface area (Å²) in [7, 11) is 0. The Morgan fingerprint density at radius 1 is 1.00 bits per heavy atom. The van der Waals surface area contributed by atoms with Crippen LogP contribution in [0, 0.1) is 13.8 Å². The molecule has 3 aromatic rings. The second-order valence-corrected chi connectivity index (χ2v) is 7.65. The average Bonchev–Trinajstić information content (AvgIpc) is 2.64. The highest BCUT2D eigenvalue weighted by atomic mass is 35.5. The Hall–Kier alpha value is -2.30. The lowest BCUT2D eigenvalue weighted by Gasteiger charge is -2.36. The summed E-state index contributed by atoms with van der Waals surface area (Å²) in [5, 5.41) is 1.62. The quantitative estimate of drug-likeness (QED) is 0.630. The third kappa shape index (κ3) is 3.73. The van der Waals surface area contributed by atoms with Crippen LogP contribution in [0.3, 0.4) is 0 Å². The molecular formula is C22H23ClN2O2. The minimum atomic E-state index is -0.308. The smallest absolute Gasteiger partial charge is 0.336 e. The van der Waals surface area contributed by atoms with Gasteiger partial charge in [0, 0.05) is 54.9 Å². The molecule has 1 aliphatic heterocycles. The molecule has 0 saturated carbocycles. The standard InChI is InChI=1S/C22H23ClN2O2/c1-15-5-3-4-6-20(15)25-9-7-24(8-10-25)14-17-12-22(26)27-21-11-16(2)19(23)13-18(17)21/h3-6,11-13H,7-10,14H2,1-2H3. The molecule has 1 fully saturated rings. The molecule has 0 atom stereocenters. The van der Waals surface area contributed by atoms with Gasteiger partial charge in [0.25, 0.3) is 0 Å². The number of hydrogen-bond acceptors (Lipinski definition) is 4. The number of piperazine rings is 1. The summed E-state index contributed by atoms with van der Waals surface area (Å²) in [6.07, 6.45) is 0. The van der Waals surface area contributed by atoms with E-state index in [-0.39, 0.29) is 5.63 Å². The van der Waals surface area contributed by atoms with Gasteiger partial charge in [-0.1, -0.05) is 29.8 Å². The van der Waals surface area contributed by atoms with Gasteiger partial charge in [-0.05, 0) is 48.7 Å². The number of halogens is 1. The van der Waals surface area contributed by atoms with Crippen molar-refractivity contribution in [3.63, 3.8) is 0 Å². The molecule has 0 aliphatic carbocycles. The molecule has 0 unspecified atom stereocenters. The molecule has 140 valence electrons. The van der Waals surface area contributed by atoms with E-state index in [1.807, 2.05) is 19.1 Å². The van der Waals surface area contributed by atoms with Gasteiger partial charge in [0.1, 0.15) is 5.58 Å². The first kappa shape index (κ1) is 18.1. The van der Waals surface area contributed by atoms with Crippen LogP contribution in [0.25, 0.3) is 11.0 Å². The summed E-state index contributed by atoms with van der Waals surface area (Å²) in [5.41, 5.74) is 4.81. The Morgan fingerprint density at radius 3 is 2.48 bits per heavy atom. The molecule has 5 heteroatoms. The Balaban J connectivity index is 1.53. The third-order valence-corrected chi connectivity index (χ3v) is 5.74. The number of benzene rings is 2. The molecule has 0 N–H and O–H groups in total. The van der Waals surface area contributed by atoms with E-state index in [1.54, 1.807) is 6.07 Å². The summed E-state index contributed by atoms with van der Waals surface area (Å²) >= 11 is 6.30. The Labute approximate surface area is 164 Å². The molecule has 2 heterocycles. The van der Waals surface area contributed by atoms with Crippen LogP contribution in [0.4, 0.5) is 5.69 Å². The number of para-hydroxylation sites is 1. The summed E-state index contributed by atoms with van der Waals surface area (Å²) in [6.45, 7) is 8.66. The van der Waals surface area contributed by atoms with Crippen molar-refractivity contribution in [2.45, 2.75) is 20.4 Å². The minimum absolute atomic E-state index is 0.308. The van der Waals surface area contributed by atoms with Crippen molar-refractivity contribution in [1.82, 2.24) is 4.90 Å². The van der Waals surface area contributed by atoms with Gasteiger partial charge in [-0.3, -0.25) is 4.90 Å². The molecule has 0 bridgehead atoms. The first-order chi connectivity index (χ1) is 13.0. The first-order valence-electron chi connectivity index (χ1n) is 9.27. The summed E-state index contributed by atoms with van der Waals surface area (Å²) in [5.74, 6) is 0. The van der Waals surface area contributed by atoms with Gasteiger partial charge in [-0.25, -0.2) is 4.79 Å². The van der Waals surface area contributed by atoms with Crippen LogP contribution in [0.2, 0.25) is 5.02 Å². The van der Waals surface area contributed by atoms with E-state index in [1.165, 1.54) is 11.3 Å². The van der Waals surface area contributed by atoms with Crippen LogP contribution in [0.15, 0.2) is 51.7 Å². The van der Waals surface area contributed by atoms with Crippen LogP contribution in [0.5, 0.6) is 0 Å². The van der Waals surface area contributed by atoms with Gasteiger partial charge in [0.2, 0.25) is 0 Å². The van der Waals surface area contributed by atoms with Crippen LogP contribution >= 0.6 is 11.6 Å². The van der Waals surface area contributed by atoms with Crippen LogP contribution in [-0.4, -0.2) is 31.1 Å². The zero-order valence-electron chi connectivity index (χ0n) is 15.7. The largest absolute Gasteiger partial charge is 0.423 e. The fourth-order valence-electron chi connectivity index (χ4n) is 3.79. The molecule has 0 spiro atoms. The van der Waals surface area contributed by atoms with E-state index in [0.717, 1.165) is 49.2 Å². The molecule has 4 nitrogen and oxygen atoms in total. The lowest BCUT2D eigenvalue weighted by atomic mass is 10.1. The van der Waals surface area contributed by atoms with Gasteiger partial charge >= 0.3 is 5.63 Å². The van der Waals surface area contributed by atoms with E-state index in [4.69, 9.17) is 16.0 Å². The molecule has 27 heavy (non-hydrogen) atoms. The number of aryl methyl sites for hydroxylation is 2. The van der Waals surface area contributed by atoms with E-state index >= 15 is 0 Å². The summed E-state index contributed by atoms with van der Waals surface area (Å²) < 4.78 is 5.37. The molecule has 4 rings (SSSR count). The summed E-state index contributed by atoms with van der Waals surface area (Å²) in [4.78, 5) is 16.8. The van der Waals surface area contributed by atoms with E-state index in [2.05, 4.69) is 41.0 Å². The lowest BCUT2D eigenvalue weighted by molar-refractivity contribution is 0.250. The molecule has 1 aromatic heterocycles. The Bertz CT molecular complexity index is 1040. The van der Waals surface area contributed by atoms with E-state index in [0.29, 0.717) is 10.6 Å². The number of nitrogens with zero attached hydrogens (tertiary/aromatic N) is 2. The molecule has 1 saturated heterocycles. The molecule has 1 aliphatic rings. The molecule has 0 radical (unpaired) electrons. The maximum absolute atomic E-state index is 12.0. The van der Waals surface area contributed by atoms with Crippen molar-refractivity contribution in [2.75, 3.05) is 31.1 Å². The second-order valence-electron chi connectivity index (χ2n) is 7.24. The predicted octanol–water partition coefficient (Wildman–Crippen LogP) is 4.39. The fraction of sp³-hybridized carbons (Fsp3) is 0.318. The minimum Gasteiger partial charge on any atom is -0.423 e. The van der Waals surface area contributed by atoms with Crippen molar-refractivity contribution >= 4 is 28.3 Å². The fourth-order valence-corrected chi connectivity index (χ4v) is 3.95. The number of anilines is 1. The molecular weight excluding hydrogens is 360 g/mol. The van der Waals surface area contributed by atoms with Crippen LogP contribution in [0.1, 0.15) is 16.7 Å². The Morgan fingerprint density at radius 2 is 1.74 bits per heavy atom. The average molecular weight is 383 g/mol. The van der Waals surface area contributed by atoms with Crippen molar-refractivity contribution in [3.8, 4) is 0 Å². The highest BCUT2D eigenvalue weighted by Gasteiger charge is 2.19. The number of hydrogen-bond donors (Lipinski definition) is 0. The normalized spacial score (nSPS) is 15.4. The van der Waals surface area contributed by atoms with Crippen molar-refractivity contribution in [2.24, 2.45) is 0 Å². The number of fused-ring (bicyclic) bond motifs is 1. The molecule has 0 amide bonds. The van der Waals surface area contributed by atoms with Gasteiger partial charge in [-0.15, -0.1) is 0 Å². The van der Waals surface area contributed by atoms with Crippen molar-refractivity contribution in [1.29, 1.82) is 0 Å². The van der Waals surface area contributed by atoms with Crippen LogP contribution < -0.4 is 10.5 Å². The first-order valence-corrected chi connectivity index (χ1v) is 9.65. The topological polar surface area (TPSA) is 36.7 Å². The summed E-state index contributed by atoms with van der Waals surface area (Å²) in [6, 6.07) is 13.9. The van der Waals surface area contributed by atoms with Gasteiger partial charge in [0.15, 0.2) is 0 Å².